The maximum absolute atomic E-state index is 11.8. The van der Waals surface area contributed by atoms with E-state index in [4.69, 9.17) is 15.2 Å². The highest BCUT2D eigenvalue weighted by Gasteiger charge is 2.18. The van der Waals surface area contributed by atoms with Crippen LogP contribution in [0.4, 0.5) is 4.79 Å². The minimum Gasteiger partial charge on any atom is -0.454 e. The fourth-order valence-electron chi connectivity index (χ4n) is 2.86. The Kier molecular flexibility index (Phi) is 5.34. The predicted octanol–water partition coefficient (Wildman–Crippen LogP) is 2.01. The summed E-state index contributed by atoms with van der Waals surface area (Å²) in [7, 11) is 0. The highest BCUT2D eigenvalue weighted by atomic mass is 32.2. The number of imide groups is 1. The highest BCUT2D eigenvalue weighted by molar-refractivity contribution is 7.99. The van der Waals surface area contributed by atoms with Crippen molar-refractivity contribution in [1.82, 2.24) is 20.1 Å². The maximum Gasteiger partial charge on any atom is 0.318 e. The zero-order valence-corrected chi connectivity index (χ0v) is 16.0. The predicted molar refractivity (Wildman–Crippen MR) is 106 cm³/mol. The molecule has 0 spiro atoms. The van der Waals surface area contributed by atoms with Crippen molar-refractivity contribution in [2.45, 2.75) is 11.7 Å². The van der Waals surface area contributed by atoms with E-state index in [-0.39, 0.29) is 12.5 Å². The standard InChI is InChI=1S/C19H17N5O4S/c20-18(26)21-16(25)10-29-19-23-22-17(13-4-2-1-3-5-13)24(19)9-12-6-7-14-15(8-12)28-11-27-14/h1-8H,9-11H2,(H3,20,21,25,26). The summed E-state index contributed by atoms with van der Waals surface area (Å²) in [4.78, 5) is 22.6. The molecule has 29 heavy (non-hydrogen) atoms. The average Bonchev–Trinajstić information content (AvgIpc) is 3.33. The first-order valence-electron chi connectivity index (χ1n) is 8.69. The Balaban J connectivity index is 1.62. The van der Waals surface area contributed by atoms with E-state index in [1.54, 1.807) is 0 Å². The van der Waals surface area contributed by atoms with Crippen molar-refractivity contribution in [3.63, 3.8) is 0 Å². The number of hydrogen-bond acceptors (Lipinski definition) is 7. The first-order valence-corrected chi connectivity index (χ1v) is 9.68. The number of nitrogens with one attached hydrogen (secondary N) is 1. The normalized spacial score (nSPS) is 12.0. The maximum atomic E-state index is 11.8. The lowest BCUT2D eigenvalue weighted by molar-refractivity contribution is -0.117. The van der Waals surface area contributed by atoms with Gasteiger partial charge >= 0.3 is 6.03 Å². The van der Waals surface area contributed by atoms with Crippen LogP contribution in [0.15, 0.2) is 53.7 Å². The van der Waals surface area contributed by atoms with Crippen LogP contribution in [0.25, 0.3) is 11.4 Å². The van der Waals surface area contributed by atoms with E-state index in [2.05, 4.69) is 10.2 Å². The van der Waals surface area contributed by atoms with Crippen molar-refractivity contribution in [2.75, 3.05) is 12.5 Å². The van der Waals surface area contributed by atoms with Gasteiger partial charge in [0.15, 0.2) is 22.5 Å². The van der Waals surface area contributed by atoms with Crippen molar-refractivity contribution >= 4 is 23.7 Å². The number of aromatic nitrogens is 3. The van der Waals surface area contributed by atoms with Crippen LogP contribution < -0.4 is 20.5 Å². The number of carbonyl (C=O) groups is 2. The van der Waals surface area contributed by atoms with Crippen LogP contribution in [0.5, 0.6) is 11.5 Å². The third-order valence-corrected chi connectivity index (χ3v) is 5.09. The number of rotatable bonds is 6. The molecule has 3 aromatic rings. The third-order valence-electron chi connectivity index (χ3n) is 4.12. The largest absolute Gasteiger partial charge is 0.454 e. The number of primary amides is 1. The summed E-state index contributed by atoms with van der Waals surface area (Å²) >= 11 is 1.17. The number of fused-ring (bicyclic) bond motifs is 1. The van der Waals surface area contributed by atoms with Gasteiger partial charge in [-0.2, -0.15) is 0 Å². The van der Waals surface area contributed by atoms with Gasteiger partial charge in [-0.1, -0.05) is 48.2 Å². The number of ether oxygens (including phenoxy) is 2. The first-order chi connectivity index (χ1) is 14.1. The molecule has 0 saturated carbocycles. The Morgan fingerprint density at radius 1 is 1.10 bits per heavy atom. The van der Waals surface area contributed by atoms with Crippen LogP contribution in [0.3, 0.4) is 0 Å². The van der Waals surface area contributed by atoms with E-state index in [1.807, 2.05) is 58.4 Å². The molecule has 10 heteroatoms. The van der Waals surface area contributed by atoms with Crippen molar-refractivity contribution in [3.05, 3.63) is 54.1 Å². The number of amides is 3. The van der Waals surface area contributed by atoms with Crippen LogP contribution in [0, 0.1) is 0 Å². The molecule has 3 N–H and O–H groups in total. The van der Waals surface area contributed by atoms with Gasteiger partial charge in [0, 0.05) is 5.56 Å². The molecule has 0 saturated heterocycles. The van der Waals surface area contributed by atoms with Gasteiger partial charge in [0.1, 0.15) is 0 Å². The molecule has 2 heterocycles. The van der Waals surface area contributed by atoms with Gasteiger partial charge < -0.3 is 15.2 Å². The average molecular weight is 411 g/mol. The second kappa shape index (κ2) is 8.23. The van der Waals surface area contributed by atoms with E-state index in [9.17, 15) is 9.59 Å². The van der Waals surface area contributed by atoms with Gasteiger partial charge in [-0.25, -0.2) is 4.79 Å². The molecule has 0 unspecified atom stereocenters. The van der Waals surface area contributed by atoms with Gasteiger partial charge in [0.2, 0.25) is 12.7 Å². The number of nitrogens with two attached hydrogens (primary N) is 1. The van der Waals surface area contributed by atoms with Crippen LogP contribution in [0.1, 0.15) is 5.56 Å². The monoisotopic (exact) mass is 411 g/mol. The molecule has 148 valence electrons. The van der Waals surface area contributed by atoms with Gasteiger partial charge in [0.05, 0.1) is 12.3 Å². The van der Waals surface area contributed by atoms with Crippen LogP contribution in [0.2, 0.25) is 0 Å². The molecule has 3 amide bonds. The fourth-order valence-corrected chi connectivity index (χ4v) is 3.60. The molecule has 9 nitrogen and oxygen atoms in total. The second-order valence-electron chi connectivity index (χ2n) is 6.15. The molecular formula is C19H17N5O4S. The smallest absolute Gasteiger partial charge is 0.318 e. The number of hydrogen-bond donors (Lipinski definition) is 2. The van der Waals surface area contributed by atoms with E-state index in [0.29, 0.717) is 29.0 Å². The number of carbonyl (C=O) groups excluding carboxylic acids is 2. The quantitative estimate of drug-likeness (QED) is 0.595. The summed E-state index contributed by atoms with van der Waals surface area (Å²) in [6.07, 6.45) is 0. The minimum absolute atomic E-state index is 0.0169. The molecule has 4 rings (SSSR count). The SMILES string of the molecule is NC(=O)NC(=O)CSc1nnc(-c2ccccc2)n1Cc1ccc2c(c1)OCO2. The van der Waals surface area contributed by atoms with Crippen molar-refractivity contribution in [3.8, 4) is 22.9 Å². The Morgan fingerprint density at radius 2 is 1.90 bits per heavy atom. The summed E-state index contributed by atoms with van der Waals surface area (Å²) in [6, 6.07) is 14.5. The third kappa shape index (κ3) is 4.32. The topological polar surface area (TPSA) is 121 Å². The molecule has 1 aromatic heterocycles. The second-order valence-corrected chi connectivity index (χ2v) is 7.09. The number of thioether (sulfide) groups is 1. The first kappa shape index (κ1) is 18.8. The summed E-state index contributed by atoms with van der Waals surface area (Å²) in [5, 5.41) is 11.1. The molecule has 0 fully saturated rings. The van der Waals surface area contributed by atoms with E-state index in [1.165, 1.54) is 11.8 Å². The Morgan fingerprint density at radius 3 is 2.69 bits per heavy atom. The Hall–Kier alpha value is -3.53. The minimum atomic E-state index is -0.887. The van der Waals surface area contributed by atoms with Crippen molar-refractivity contribution in [2.24, 2.45) is 5.73 Å². The molecular weight excluding hydrogens is 394 g/mol. The van der Waals surface area contributed by atoms with Crippen LogP contribution in [-0.4, -0.2) is 39.2 Å². The molecule has 0 atom stereocenters. The van der Waals surface area contributed by atoms with Crippen molar-refractivity contribution in [1.29, 1.82) is 0 Å². The van der Waals surface area contributed by atoms with Crippen molar-refractivity contribution < 1.29 is 19.1 Å². The Labute approximate surface area is 170 Å². The Bertz CT molecular complexity index is 1050. The lowest BCUT2D eigenvalue weighted by Gasteiger charge is -2.11. The van der Waals surface area contributed by atoms with Gasteiger partial charge in [0.25, 0.3) is 0 Å². The van der Waals surface area contributed by atoms with Gasteiger partial charge in [-0.3, -0.25) is 14.7 Å². The highest BCUT2D eigenvalue weighted by Crippen LogP contribution is 2.33. The number of nitrogens with zero attached hydrogens (tertiary/aromatic N) is 3. The molecule has 1 aliphatic heterocycles. The number of urea groups is 1. The fraction of sp³-hybridized carbons (Fsp3) is 0.158. The summed E-state index contributed by atoms with van der Waals surface area (Å²) in [6.45, 7) is 0.671. The summed E-state index contributed by atoms with van der Waals surface area (Å²) in [5.41, 5.74) is 6.85. The number of benzene rings is 2. The summed E-state index contributed by atoms with van der Waals surface area (Å²) < 4.78 is 12.7. The molecule has 1 aliphatic rings. The lowest BCUT2D eigenvalue weighted by atomic mass is 10.2. The van der Waals surface area contributed by atoms with E-state index >= 15 is 0 Å². The zero-order valence-electron chi connectivity index (χ0n) is 15.2. The molecule has 0 radical (unpaired) electrons. The zero-order chi connectivity index (χ0) is 20.2. The molecule has 0 bridgehead atoms. The van der Waals surface area contributed by atoms with Gasteiger partial charge in [-0.15, -0.1) is 10.2 Å². The van der Waals surface area contributed by atoms with Crippen LogP contribution >= 0.6 is 11.8 Å². The van der Waals surface area contributed by atoms with E-state index < -0.39 is 11.9 Å². The lowest BCUT2D eigenvalue weighted by Crippen LogP contribution is -2.36. The molecule has 2 aromatic carbocycles. The summed E-state index contributed by atoms with van der Waals surface area (Å²) in [5.74, 6) is 1.55. The van der Waals surface area contributed by atoms with Crippen LogP contribution in [-0.2, 0) is 11.3 Å². The van der Waals surface area contributed by atoms with E-state index in [0.717, 1.165) is 11.1 Å². The molecule has 0 aliphatic carbocycles. The van der Waals surface area contributed by atoms with Gasteiger partial charge in [-0.05, 0) is 17.7 Å².